The molecule has 0 saturated carbocycles. The predicted octanol–water partition coefficient (Wildman–Crippen LogP) is 3.41. The first-order valence-corrected chi connectivity index (χ1v) is 5.75. The third kappa shape index (κ3) is 2.42. The molecule has 1 atom stereocenters. The van der Waals surface area contributed by atoms with E-state index in [4.69, 9.17) is 9.47 Å². The number of allylic oxidation sites excluding steroid dienone is 2. The zero-order valence-corrected chi connectivity index (χ0v) is 10.6. The molecule has 0 N–H and O–H groups in total. The molecule has 0 spiro atoms. The Hall–Kier alpha value is -1.54. The van der Waals surface area contributed by atoms with E-state index >= 15 is 0 Å². The van der Waals surface area contributed by atoms with Gasteiger partial charge < -0.3 is 9.47 Å². The summed E-state index contributed by atoms with van der Waals surface area (Å²) in [7, 11) is 3.44. The lowest BCUT2D eigenvalue weighted by Gasteiger charge is -2.29. The molecular formula is C15H18O2. The van der Waals surface area contributed by atoms with Crippen molar-refractivity contribution in [2.24, 2.45) is 0 Å². The van der Waals surface area contributed by atoms with Crippen molar-refractivity contribution in [1.29, 1.82) is 0 Å². The second-order valence-corrected chi connectivity index (χ2v) is 4.43. The van der Waals surface area contributed by atoms with Crippen molar-refractivity contribution in [3.63, 3.8) is 0 Å². The molecule has 0 amide bonds. The highest BCUT2D eigenvalue weighted by molar-refractivity contribution is 5.77. The molecule has 1 aliphatic carbocycles. The summed E-state index contributed by atoms with van der Waals surface area (Å²) in [6.07, 6.45) is 4.94. The van der Waals surface area contributed by atoms with Gasteiger partial charge in [-0.3, -0.25) is 0 Å². The van der Waals surface area contributed by atoms with E-state index in [1.807, 2.05) is 18.2 Å². The van der Waals surface area contributed by atoms with E-state index in [0.29, 0.717) is 0 Å². The monoisotopic (exact) mass is 230 g/mol. The van der Waals surface area contributed by atoms with Crippen molar-refractivity contribution < 1.29 is 9.47 Å². The summed E-state index contributed by atoms with van der Waals surface area (Å²) in [4.78, 5) is 0. The Labute approximate surface area is 103 Å². The smallest absolute Gasteiger partial charge is 0.106 e. The van der Waals surface area contributed by atoms with Gasteiger partial charge in [0.25, 0.3) is 0 Å². The zero-order valence-electron chi connectivity index (χ0n) is 10.6. The van der Waals surface area contributed by atoms with Crippen molar-refractivity contribution in [3.05, 3.63) is 53.8 Å². The molecule has 0 aliphatic heterocycles. The van der Waals surface area contributed by atoms with Gasteiger partial charge in [0.2, 0.25) is 0 Å². The van der Waals surface area contributed by atoms with Gasteiger partial charge in [0.15, 0.2) is 0 Å². The first-order valence-electron chi connectivity index (χ1n) is 5.75. The van der Waals surface area contributed by atoms with Gasteiger partial charge in [0.05, 0.1) is 12.7 Å². The summed E-state index contributed by atoms with van der Waals surface area (Å²) in [5.41, 5.74) is 2.06. The summed E-state index contributed by atoms with van der Waals surface area (Å²) >= 11 is 0. The summed E-state index contributed by atoms with van der Waals surface area (Å²) in [6.45, 7) is 2.06. The largest absolute Gasteiger partial charge is 0.500 e. The number of benzene rings is 1. The maximum absolute atomic E-state index is 5.50. The minimum Gasteiger partial charge on any atom is -0.500 e. The van der Waals surface area contributed by atoms with Gasteiger partial charge in [-0.2, -0.15) is 0 Å². The van der Waals surface area contributed by atoms with Gasteiger partial charge in [0, 0.05) is 19.1 Å². The van der Waals surface area contributed by atoms with Gasteiger partial charge >= 0.3 is 0 Å². The van der Waals surface area contributed by atoms with Gasteiger partial charge in [-0.1, -0.05) is 42.5 Å². The number of methoxy groups -OCH3 is 2. The van der Waals surface area contributed by atoms with Crippen molar-refractivity contribution in [2.45, 2.75) is 18.9 Å². The minimum atomic E-state index is -0.260. The van der Waals surface area contributed by atoms with Crippen molar-refractivity contribution in [3.8, 4) is 0 Å². The molecule has 0 saturated heterocycles. The Kier molecular flexibility index (Phi) is 3.34. The maximum atomic E-state index is 5.50. The second-order valence-electron chi connectivity index (χ2n) is 4.43. The molecule has 90 valence electrons. The maximum Gasteiger partial charge on any atom is 0.106 e. The summed E-state index contributed by atoms with van der Waals surface area (Å²) < 4.78 is 11.0. The number of ether oxygens (including phenoxy) is 2. The number of hydrogen-bond acceptors (Lipinski definition) is 2. The molecule has 0 bridgehead atoms. The molecule has 2 heteroatoms. The third-order valence-electron chi connectivity index (χ3n) is 3.21. The molecule has 1 aliphatic rings. The van der Waals surface area contributed by atoms with Crippen LogP contribution in [0.2, 0.25) is 0 Å². The average molecular weight is 230 g/mol. The molecular weight excluding hydrogens is 212 g/mol. The van der Waals surface area contributed by atoms with Gasteiger partial charge in [-0.25, -0.2) is 0 Å². The summed E-state index contributed by atoms with van der Waals surface area (Å²) in [6, 6.07) is 10.3. The summed E-state index contributed by atoms with van der Waals surface area (Å²) in [5, 5.41) is 0. The molecule has 2 rings (SSSR count). The Morgan fingerprint density at radius 1 is 1.12 bits per heavy atom. The van der Waals surface area contributed by atoms with Crippen LogP contribution in [0.15, 0.2) is 48.2 Å². The highest BCUT2D eigenvalue weighted by Crippen LogP contribution is 2.34. The predicted molar refractivity (Wildman–Crippen MR) is 69.5 cm³/mol. The number of rotatable bonds is 3. The fourth-order valence-corrected chi connectivity index (χ4v) is 2.02. The van der Waals surface area contributed by atoms with Crippen LogP contribution in [0.3, 0.4) is 0 Å². The van der Waals surface area contributed by atoms with Crippen molar-refractivity contribution >= 4 is 5.57 Å². The lowest BCUT2D eigenvalue weighted by atomic mass is 9.89. The number of hydrogen-bond donors (Lipinski definition) is 0. The molecule has 2 nitrogen and oxygen atoms in total. The van der Waals surface area contributed by atoms with E-state index in [1.54, 1.807) is 14.2 Å². The Bertz CT molecular complexity index is 445. The molecule has 1 aromatic rings. The van der Waals surface area contributed by atoms with Crippen LogP contribution in [0.5, 0.6) is 0 Å². The lowest BCUT2D eigenvalue weighted by molar-refractivity contribution is 0.0362. The van der Waals surface area contributed by atoms with E-state index < -0.39 is 0 Å². The van der Waals surface area contributed by atoms with Gasteiger partial charge in [-0.15, -0.1) is 0 Å². The van der Waals surface area contributed by atoms with E-state index in [9.17, 15) is 0 Å². The van der Waals surface area contributed by atoms with Crippen LogP contribution in [0.25, 0.3) is 5.57 Å². The Morgan fingerprint density at radius 3 is 2.41 bits per heavy atom. The highest BCUT2D eigenvalue weighted by Gasteiger charge is 2.27. The highest BCUT2D eigenvalue weighted by atomic mass is 16.5. The molecule has 1 aromatic carbocycles. The van der Waals surface area contributed by atoms with E-state index in [2.05, 4.69) is 31.2 Å². The molecule has 0 fully saturated rings. The quantitative estimate of drug-likeness (QED) is 0.792. The normalized spacial score (nSPS) is 23.9. The van der Waals surface area contributed by atoms with Crippen molar-refractivity contribution in [2.75, 3.05) is 14.2 Å². The molecule has 1 unspecified atom stereocenters. The van der Waals surface area contributed by atoms with E-state index in [-0.39, 0.29) is 5.60 Å². The fraction of sp³-hybridized carbons (Fsp3) is 0.333. The van der Waals surface area contributed by atoms with E-state index in [0.717, 1.165) is 17.8 Å². The van der Waals surface area contributed by atoms with Crippen LogP contribution in [-0.4, -0.2) is 19.8 Å². The van der Waals surface area contributed by atoms with Gasteiger partial charge in [0.1, 0.15) is 5.76 Å². The molecule has 0 radical (unpaired) electrons. The van der Waals surface area contributed by atoms with E-state index in [1.165, 1.54) is 5.56 Å². The standard InChI is InChI=1S/C15H18O2/c1-15(17-3)10-9-13(14(11-15)16-2)12-7-5-4-6-8-12/h4-10H,11H2,1-3H3. The summed E-state index contributed by atoms with van der Waals surface area (Å²) in [5.74, 6) is 0.975. The van der Waals surface area contributed by atoms with Crippen LogP contribution in [-0.2, 0) is 9.47 Å². The van der Waals surface area contributed by atoms with Gasteiger partial charge in [-0.05, 0) is 12.5 Å². The molecule has 0 aromatic heterocycles. The van der Waals surface area contributed by atoms with Crippen molar-refractivity contribution in [1.82, 2.24) is 0 Å². The third-order valence-corrected chi connectivity index (χ3v) is 3.21. The molecule has 0 heterocycles. The van der Waals surface area contributed by atoms with Crippen LogP contribution < -0.4 is 0 Å². The second kappa shape index (κ2) is 4.76. The topological polar surface area (TPSA) is 18.5 Å². The SMILES string of the molecule is COC1=C(c2ccccc2)C=CC(C)(OC)C1. The van der Waals surface area contributed by atoms with Crippen LogP contribution in [0.4, 0.5) is 0 Å². The zero-order chi connectivity index (χ0) is 12.3. The minimum absolute atomic E-state index is 0.260. The van der Waals surface area contributed by atoms with Crippen LogP contribution in [0, 0.1) is 0 Å². The first-order chi connectivity index (χ1) is 8.18. The molecule has 17 heavy (non-hydrogen) atoms. The first kappa shape index (κ1) is 11.9. The fourth-order valence-electron chi connectivity index (χ4n) is 2.02. The Morgan fingerprint density at radius 2 is 1.82 bits per heavy atom. The Balaban J connectivity index is 2.38. The lowest BCUT2D eigenvalue weighted by Crippen LogP contribution is -2.27. The van der Waals surface area contributed by atoms with Crippen LogP contribution in [0.1, 0.15) is 18.9 Å². The average Bonchev–Trinajstić information content (AvgIpc) is 2.39. The van der Waals surface area contributed by atoms with Crippen LogP contribution >= 0.6 is 0 Å².